The summed E-state index contributed by atoms with van der Waals surface area (Å²) in [5, 5.41) is 3.23. The summed E-state index contributed by atoms with van der Waals surface area (Å²) in [4.78, 5) is 2.40. The normalized spacial score (nSPS) is 23.4. The molecule has 1 fully saturated rings. The molecule has 0 aliphatic heterocycles. The first-order chi connectivity index (χ1) is 9.44. The van der Waals surface area contributed by atoms with Crippen LogP contribution < -0.4 is 10.0 Å². The van der Waals surface area contributed by atoms with Gasteiger partial charge in [0, 0.05) is 22.3 Å². The molecule has 0 radical (unpaired) electrons. The largest absolute Gasteiger partial charge is 0.312 e. The van der Waals surface area contributed by atoms with Crippen molar-refractivity contribution in [2.24, 2.45) is 5.92 Å². The smallest absolute Gasteiger partial charge is 0.241 e. The van der Waals surface area contributed by atoms with Gasteiger partial charge in [-0.1, -0.05) is 20.3 Å². The van der Waals surface area contributed by atoms with E-state index in [2.05, 4.69) is 17.0 Å². The van der Waals surface area contributed by atoms with E-state index in [1.807, 2.05) is 19.9 Å². The summed E-state index contributed by atoms with van der Waals surface area (Å²) in [6.07, 6.45) is 3.18. The molecule has 2 atom stereocenters. The van der Waals surface area contributed by atoms with Crippen LogP contribution in [0, 0.1) is 12.8 Å². The first kappa shape index (κ1) is 15.9. The summed E-state index contributed by atoms with van der Waals surface area (Å²) < 4.78 is 27.9. The van der Waals surface area contributed by atoms with Crippen molar-refractivity contribution in [2.45, 2.75) is 57.5 Å². The average molecular weight is 316 g/mol. The monoisotopic (exact) mass is 316 g/mol. The second kappa shape index (κ2) is 6.56. The minimum atomic E-state index is -3.38. The zero-order valence-corrected chi connectivity index (χ0v) is 14.0. The van der Waals surface area contributed by atoms with Gasteiger partial charge in [0.1, 0.15) is 0 Å². The lowest BCUT2D eigenvalue weighted by Gasteiger charge is -2.17. The van der Waals surface area contributed by atoms with E-state index in [1.165, 1.54) is 0 Å². The topological polar surface area (TPSA) is 58.2 Å². The maximum absolute atomic E-state index is 12.5. The summed E-state index contributed by atoms with van der Waals surface area (Å²) in [5.41, 5.74) is 0. The summed E-state index contributed by atoms with van der Waals surface area (Å²) in [5.74, 6) is 0.435. The van der Waals surface area contributed by atoms with Gasteiger partial charge in [0.25, 0.3) is 0 Å². The second-order valence-electron chi connectivity index (χ2n) is 5.55. The molecule has 1 aromatic heterocycles. The van der Waals surface area contributed by atoms with E-state index in [1.54, 1.807) is 11.3 Å². The minimum absolute atomic E-state index is 0.0940. The van der Waals surface area contributed by atoms with Crippen LogP contribution in [0.3, 0.4) is 0 Å². The Hall–Kier alpha value is -0.430. The molecule has 0 saturated heterocycles. The van der Waals surface area contributed by atoms with E-state index in [0.29, 0.717) is 10.8 Å². The highest BCUT2D eigenvalue weighted by molar-refractivity contribution is 7.89. The quantitative estimate of drug-likeness (QED) is 0.848. The van der Waals surface area contributed by atoms with E-state index in [-0.39, 0.29) is 6.04 Å². The van der Waals surface area contributed by atoms with Crippen LogP contribution in [0.2, 0.25) is 0 Å². The predicted octanol–water partition coefficient (Wildman–Crippen LogP) is 2.63. The molecule has 20 heavy (non-hydrogen) atoms. The highest BCUT2D eigenvalue weighted by Gasteiger charge is 2.29. The number of sulfonamides is 1. The number of hydrogen-bond acceptors (Lipinski definition) is 4. The first-order valence-electron chi connectivity index (χ1n) is 7.26. The third-order valence-electron chi connectivity index (χ3n) is 3.93. The van der Waals surface area contributed by atoms with Gasteiger partial charge in [-0.2, -0.15) is 0 Å². The van der Waals surface area contributed by atoms with E-state index in [4.69, 9.17) is 0 Å². The van der Waals surface area contributed by atoms with Gasteiger partial charge in [0.05, 0.1) is 4.90 Å². The van der Waals surface area contributed by atoms with Crippen LogP contribution in [-0.2, 0) is 16.6 Å². The van der Waals surface area contributed by atoms with Crippen molar-refractivity contribution in [3.8, 4) is 0 Å². The number of nitrogens with one attached hydrogen (secondary N) is 2. The Labute approximate surface area is 126 Å². The molecule has 4 nitrogen and oxygen atoms in total. The van der Waals surface area contributed by atoms with Crippen LogP contribution >= 0.6 is 11.3 Å². The van der Waals surface area contributed by atoms with Gasteiger partial charge < -0.3 is 5.32 Å². The molecule has 0 bridgehead atoms. The van der Waals surface area contributed by atoms with Crippen molar-refractivity contribution < 1.29 is 8.42 Å². The fourth-order valence-corrected chi connectivity index (χ4v) is 5.69. The minimum Gasteiger partial charge on any atom is -0.312 e. The lowest BCUT2D eigenvalue weighted by atomic mass is 10.1. The Morgan fingerprint density at radius 2 is 2.15 bits per heavy atom. The molecule has 2 rings (SSSR count). The average Bonchev–Trinajstić information content (AvgIpc) is 2.94. The van der Waals surface area contributed by atoms with Crippen molar-refractivity contribution in [2.75, 3.05) is 6.54 Å². The van der Waals surface area contributed by atoms with Gasteiger partial charge in [0.15, 0.2) is 0 Å². The molecule has 1 saturated carbocycles. The van der Waals surface area contributed by atoms with Crippen molar-refractivity contribution >= 4 is 21.4 Å². The SMILES string of the molecule is CCNCc1cc(S(=O)(=O)NC2CCCC2C)c(C)s1. The Kier molecular flexibility index (Phi) is 5.23. The van der Waals surface area contributed by atoms with Crippen LogP contribution in [0.5, 0.6) is 0 Å². The molecule has 0 amide bonds. The Morgan fingerprint density at radius 1 is 1.40 bits per heavy atom. The Balaban J connectivity index is 2.14. The highest BCUT2D eigenvalue weighted by atomic mass is 32.2. The van der Waals surface area contributed by atoms with Gasteiger partial charge in [-0.3, -0.25) is 0 Å². The summed E-state index contributed by atoms with van der Waals surface area (Å²) >= 11 is 1.56. The van der Waals surface area contributed by atoms with Gasteiger partial charge in [-0.25, -0.2) is 13.1 Å². The maximum atomic E-state index is 12.5. The number of rotatable bonds is 6. The molecule has 0 spiro atoms. The van der Waals surface area contributed by atoms with Gasteiger partial charge in [-0.05, 0) is 38.3 Å². The van der Waals surface area contributed by atoms with Crippen molar-refractivity contribution in [3.63, 3.8) is 0 Å². The number of aryl methyl sites for hydroxylation is 1. The van der Waals surface area contributed by atoms with E-state index >= 15 is 0 Å². The molecule has 2 N–H and O–H groups in total. The molecule has 1 heterocycles. The second-order valence-corrected chi connectivity index (χ2v) is 8.57. The molecule has 2 unspecified atom stereocenters. The van der Waals surface area contributed by atoms with Crippen LogP contribution in [0.15, 0.2) is 11.0 Å². The molecule has 0 aromatic carbocycles. The summed E-state index contributed by atoms with van der Waals surface area (Å²) in [6.45, 7) is 7.67. The fourth-order valence-electron chi connectivity index (χ4n) is 2.71. The third-order valence-corrected chi connectivity index (χ3v) is 6.73. The summed E-state index contributed by atoms with van der Waals surface area (Å²) in [7, 11) is -3.38. The Bertz CT molecular complexity index is 552. The van der Waals surface area contributed by atoms with Crippen LogP contribution in [-0.4, -0.2) is 21.0 Å². The molecule has 114 valence electrons. The van der Waals surface area contributed by atoms with E-state index < -0.39 is 10.0 Å². The predicted molar refractivity (Wildman–Crippen MR) is 83.6 cm³/mol. The molecule has 1 aliphatic carbocycles. The lowest BCUT2D eigenvalue weighted by Crippen LogP contribution is -2.36. The van der Waals surface area contributed by atoms with Crippen LogP contribution in [0.1, 0.15) is 42.9 Å². The lowest BCUT2D eigenvalue weighted by molar-refractivity contribution is 0.476. The van der Waals surface area contributed by atoms with Crippen molar-refractivity contribution in [3.05, 3.63) is 15.8 Å². The maximum Gasteiger partial charge on any atom is 0.241 e. The first-order valence-corrected chi connectivity index (χ1v) is 9.56. The standard InChI is InChI=1S/C14H24N2O2S2/c1-4-15-9-12-8-14(11(3)19-12)20(17,18)16-13-7-5-6-10(13)2/h8,10,13,15-16H,4-7,9H2,1-3H3. The summed E-state index contributed by atoms with van der Waals surface area (Å²) in [6, 6.07) is 1.90. The molecular weight excluding hydrogens is 292 g/mol. The van der Waals surface area contributed by atoms with E-state index in [9.17, 15) is 8.42 Å². The molecular formula is C14H24N2O2S2. The fraction of sp³-hybridized carbons (Fsp3) is 0.714. The van der Waals surface area contributed by atoms with Crippen molar-refractivity contribution in [1.82, 2.24) is 10.0 Å². The zero-order chi connectivity index (χ0) is 14.8. The zero-order valence-electron chi connectivity index (χ0n) is 12.4. The molecule has 1 aromatic rings. The van der Waals surface area contributed by atoms with Crippen LogP contribution in [0.4, 0.5) is 0 Å². The molecule has 6 heteroatoms. The highest BCUT2D eigenvalue weighted by Crippen LogP contribution is 2.29. The molecule has 1 aliphatic rings. The van der Waals surface area contributed by atoms with Crippen LogP contribution in [0.25, 0.3) is 0 Å². The third kappa shape index (κ3) is 3.61. The van der Waals surface area contributed by atoms with Gasteiger partial charge in [-0.15, -0.1) is 11.3 Å². The Morgan fingerprint density at radius 3 is 2.75 bits per heavy atom. The number of thiophene rings is 1. The van der Waals surface area contributed by atoms with Gasteiger partial charge >= 0.3 is 0 Å². The van der Waals surface area contributed by atoms with Crippen molar-refractivity contribution in [1.29, 1.82) is 0 Å². The number of hydrogen-bond donors (Lipinski definition) is 2. The van der Waals surface area contributed by atoms with Gasteiger partial charge in [0.2, 0.25) is 10.0 Å². The van der Waals surface area contributed by atoms with E-state index in [0.717, 1.165) is 42.1 Å².